The van der Waals surface area contributed by atoms with Crippen LogP contribution in [0.15, 0.2) is 15.8 Å². The third kappa shape index (κ3) is 3.08. The van der Waals surface area contributed by atoms with E-state index in [0.717, 1.165) is 18.6 Å². The Morgan fingerprint density at radius 1 is 1.50 bits per heavy atom. The summed E-state index contributed by atoms with van der Waals surface area (Å²) in [6.45, 7) is 2.61. The van der Waals surface area contributed by atoms with Crippen LogP contribution in [0.1, 0.15) is 26.5 Å². The van der Waals surface area contributed by atoms with E-state index in [9.17, 15) is 19.2 Å². The summed E-state index contributed by atoms with van der Waals surface area (Å²) in [5.74, 6) is -1.76. The lowest BCUT2D eigenvalue weighted by Crippen LogP contribution is -2.35. The summed E-state index contributed by atoms with van der Waals surface area (Å²) < 4.78 is 24.0. The van der Waals surface area contributed by atoms with Gasteiger partial charge in [-0.15, -0.1) is 0 Å². The van der Waals surface area contributed by atoms with Crippen molar-refractivity contribution in [3.05, 3.63) is 32.6 Å². The van der Waals surface area contributed by atoms with Crippen LogP contribution in [0.5, 0.6) is 0 Å². The third-order valence-electron chi connectivity index (χ3n) is 3.12. The van der Waals surface area contributed by atoms with E-state index in [0.29, 0.717) is 0 Å². The summed E-state index contributed by atoms with van der Waals surface area (Å²) >= 11 is 0. The predicted molar refractivity (Wildman–Crippen MR) is 72.2 cm³/mol. The molecule has 0 radical (unpaired) electrons. The molecule has 1 saturated heterocycles. The van der Waals surface area contributed by atoms with Gasteiger partial charge < -0.3 is 14.2 Å². The fourth-order valence-corrected chi connectivity index (χ4v) is 2.11. The van der Waals surface area contributed by atoms with Crippen molar-refractivity contribution in [2.24, 2.45) is 0 Å². The van der Waals surface area contributed by atoms with Gasteiger partial charge in [0.25, 0.3) is 5.56 Å². The van der Waals surface area contributed by atoms with Crippen LogP contribution in [0.2, 0.25) is 0 Å². The van der Waals surface area contributed by atoms with Crippen molar-refractivity contribution in [1.29, 1.82) is 0 Å². The van der Waals surface area contributed by atoms with Gasteiger partial charge in [-0.2, -0.15) is 0 Å². The first-order chi connectivity index (χ1) is 10.7. The van der Waals surface area contributed by atoms with E-state index in [4.69, 9.17) is 10.8 Å². The zero-order valence-corrected chi connectivity index (χ0v) is 12.2. The highest BCUT2D eigenvalue weighted by Crippen LogP contribution is 2.30. The molecule has 0 bridgehead atoms. The first-order valence-corrected chi connectivity index (χ1v) is 6.44. The van der Waals surface area contributed by atoms with E-state index in [1.807, 2.05) is 0 Å². The maximum atomic E-state index is 11.9. The number of aromatic nitrogens is 2. The van der Waals surface area contributed by atoms with Gasteiger partial charge in [-0.05, 0) is 6.92 Å². The minimum absolute atomic E-state index is 0.121. The number of hydrogen-bond acceptors (Lipinski definition) is 7. The number of H-pyrrole nitrogens is 1. The molecule has 9 nitrogen and oxygen atoms in total. The maximum Gasteiger partial charge on any atom is 0.339 e. The fraction of sp³-hybridized carbons (Fsp3) is 0.538. The summed E-state index contributed by atoms with van der Waals surface area (Å²) in [5, 5.41) is 0. The highest BCUT2D eigenvalue weighted by atomic mass is 16.6. The minimum Gasteiger partial charge on any atom is -0.467 e. The molecule has 2 heterocycles. The van der Waals surface area contributed by atoms with E-state index in [1.54, 1.807) is 0 Å². The molecule has 0 saturated carbocycles. The van der Waals surface area contributed by atoms with Gasteiger partial charge in [0, 0.05) is 25.1 Å². The normalized spacial score (nSPS) is 28.0. The van der Waals surface area contributed by atoms with Crippen LogP contribution in [-0.2, 0) is 23.8 Å². The van der Waals surface area contributed by atoms with Crippen molar-refractivity contribution in [3.63, 3.8) is 0 Å². The lowest BCUT2D eigenvalue weighted by atomic mass is 10.2. The Hall–Kier alpha value is -2.42. The summed E-state index contributed by atoms with van der Waals surface area (Å²) in [7, 11) is 1.07. The Morgan fingerprint density at radius 3 is 2.77 bits per heavy atom. The molecule has 0 aromatic carbocycles. The van der Waals surface area contributed by atoms with Gasteiger partial charge in [-0.1, -0.05) is 0 Å². The van der Waals surface area contributed by atoms with Crippen molar-refractivity contribution in [2.45, 2.75) is 38.7 Å². The lowest BCUT2D eigenvalue weighted by Gasteiger charge is -2.15. The second-order valence-corrected chi connectivity index (χ2v) is 4.74. The van der Waals surface area contributed by atoms with E-state index in [1.165, 1.54) is 13.1 Å². The number of hydrogen-bond donors (Lipinski definition) is 1. The van der Waals surface area contributed by atoms with Crippen molar-refractivity contribution in [2.75, 3.05) is 7.11 Å². The van der Waals surface area contributed by atoms with Crippen molar-refractivity contribution >= 4 is 11.9 Å². The summed E-state index contributed by atoms with van der Waals surface area (Å²) in [6.07, 6.45) is -3.49. The first-order valence-electron chi connectivity index (χ1n) is 6.94. The first kappa shape index (κ1) is 14.5. The van der Waals surface area contributed by atoms with Crippen molar-refractivity contribution in [1.82, 2.24) is 9.55 Å². The third-order valence-corrected chi connectivity index (χ3v) is 3.12. The van der Waals surface area contributed by atoms with Gasteiger partial charge in [0.05, 0.1) is 8.48 Å². The SMILES string of the molecule is [2H][C@]1(C(=O)OC)O[C@@H](n2cc(C)c(=O)[nH]c2=O)C[C@@H]1OC(C)=O. The molecule has 1 aliphatic rings. The number of ether oxygens (including phenoxy) is 3. The van der Waals surface area contributed by atoms with Crippen LogP contribution in [0, 0.1) is 6.92 Å². The Balaban J connectivity index is 2.42. The standard InChI is InChI=1S/C13H16N2O7/c1-6-5-15(13(19)14-11(6)17)9-4-8(21-7(2)16)10(22-9)12(18)20-3/h5,8-10H,4H2,1-3H3,(H,14,17,19)/t8-,9+,10-/m0/s1/i10D. The molecule has 1 aromatic heterocycles. The Bertz CT molecular complexity index is 755. The van der Waals surface area contributed by atoms with Gasteiger partial charge in [-0.25, -0.2) is 9.59 Å². The molecule has 9 heteroatoms. The number of methoxy groups -OCH3 is 1. The number of nitrogens with zero attached hydrogens (tertiary/aromatic N) is 1. The second-order valence-electron chi connectivity index (χ2n) is 4.74. The molecule has 1 aromatic rings. The molecule has 22 heavy (non-hydrogen) atoms. The number of esters is 2. The molecular formula is C13H16N2O7. The average molecular weight is 313 g/mol. The van der Waals surface area contributed by atoms with Crippen LogP contribution in [0.3, 0.4) is 0 Å². The number of aromatic amines is 1. The highest BCUT2D eigenvalue weighted by molar-refractivity contribution is 5.76. The maximum absolute atomic E-state index is 11.9. The Morgan fingerprint density at radius 2 is 2.18 bits per heavy atom. The summed E-state index contributed by atoms with van der Waals surface area (Å²) in [6, 6.07) is 0. The zero-order chi connectivity index (χ0) is 17.4. The van der Waals surface area contributed by atoms with Crippen molar-refractivity contribution in [3.8, 4) is 0 Å². The zero-order valence-electron chi connectivity index (χ0n) is 13.2. The van der Waals surface area contributed by atoms with E-state index in [2.05, 4.69) is 9.72 Å². The lowest BCUT2D eigenvalue weighted by molar-refractivity contribution is -0.165. The van der Waals surface area contributed by atoms with E-state index in [-0.39, 0.29) is 12.0 Å². The molecule has 3 atom stereocenters. The van der Waals surface area contributed by atoms with Crippen LogP contribution >= 0.6 is 0 Å². The molecule has 1 N–H and O–H groups in total. The Labute approximate surface area is 126 Å². The molecule has 0 aliphatic carbocycles. The number of aryl methyl sites for hydroxylation is 1. The molecule has 0 spiro atoms. The predicted octanol–water partition coefficient (Wildman–Crippen LogP) is -0.763. The topological polar surface area (TPSA) is 117 Å². The van der Waals surface area contributed by atoms with Crippen LogP contribution < -0.4 is 11.2 Å². The van der Waals surface area contributed by atoms with Gasteiger partial charge in [0.1, 0.15) is 12.3 Å². The molecule has 120 valence electrons. The average Bonchev–Trinajstić information content (AvgIpc) is 2.79. The molecule has 2 rings (SSSR count). The Kier molecular flexibility index (Phi) is 4.05. The van der Waals surface area contributed by atoms with Crippen LogP contribution in [-0.4, -0.2) is 40.8 Å². The van der Waals surface area contributed by atoms with E-state index >= 15 is 0 Å². The van der Waals surface area contributed by atoms with E-state index < -0.39 is 41.6 Å². The van der Waals surface area contributed by atoms with Crippen molar-refractivity contribution < 1.29 is 25.2 Å². The largest absolute Gasteiger partial charge is 0.467 e. The van der Waals surface area contributed by atoms with Crippen LogP contribution in [0.25, 0.3) is 0 Å². The highest BCUT2D eigenvalue weighted by Gasteiger charge is 2.44. The number of rotatable bonds is 3. The quantitative estimate of drug-likeness (QED) is 0.729. The molecular weight excluding hydrogens is 296 g/mol. The van der Waals surface area contributed by atoms with Gasteiger partial charge in [-0.3, -0.25) is 19.1 Å². The fourth-order valence-electron chi connectivity index (χ4n) is 2.11. The smallest absolute Gasteiger partial charge is 0.339 e. The molecule has 0 unspecified atom stereocenters. The second kappa shape index (κ2) is 6.14. The van der Waals surface area contributed by atoms with Crippen LogP contribution in [0.4, 0.5) is 0 Å². The summed E-state index contributed by atoms with van der Waals surface area (Å²) in [4.78, 5) is 48.4. The monoisotopic (exact) mass is 313 g/mol. The van der Waals surface area contributed by atoms with Gasteiger partial charge in [0.15, 0.2) is 6.08 Å². The number of carbonyl (C=O) groups excluding carboxylic acids is 2. The number of carbonyl (C=O) groups is 2. The number of nitrogens with one attached hydrogen (secondary N) is 1. The minimum atomic E-state index is -2.30. The van der Waals surface area contributed by atoms with Gasteiger partial charge >= 0.3 is 17.6 Å². The molecule has 0 amide bonds. The summed E-state index contributed by atoms with van der Waals surface area (Å²) in [5.41, 5.74) is -1.06. The molecule has 1 fully saturated rings. The molecule has 1 aliphatic heterocycles. The van der Waals surface area contributed by atoms with Gasteiger partial charge in [0.2, 0.25) is 0 Å².